The number of piperidine rings is 1. The molecule has 2 heterocycles. The number of ether oxygens (including phenoxy) is 1. The van der Waals surface area contributed by atoms with E-state index in [4.69, 9.17) is 4.74 Å². The zero-order valence-electron chi connectivity index (χ0n) is 16.3. The molecule has 7 heteroatoms. The molecule has 2 N–H and O–H groups in total. The summed E-state index contributed by atoms with van der Waals surface area (Å²) in [6, 6.07) is 8.83. The van der Waals surface area contributed by atoms with E-state index >= 15 is 0 Å². The van der Waals surface area contributed by atoms with Crippen molar-refractivity contribution in [2.75, 3.05) is 18.4 Å². The molecule has 3 rings (SSSR count). The van der Waals surface area contributed by atoms with E-state index in [9.17, 15) is 14.7 Å². The first kappa shape index (κ1) is 19.7. The molecule has 1 saturated heterocycles. The van der Waals surface area contributed by atoms with E-state index in [-0.39, 0.29) is 18.5 Å². The minimum absolute atomic E-state index is 0.143. The summed E-state index contributed by atoms with van der Waals surface area (Å²) in [6.07, 6.45) is 2.27. The summed E-state index contributed by atoms with van der Waals surface area (Å²) in [4.78, 5) is 29.7. The summed E-state index contributed by atoms with van der Waals surface area (Å²) >= 11 is 0. The van der Waals surface area contributed by atoms with Gasteiger partial charge >= 0.3 is 12.0 Å². The molecule has 2 atom stereocenters. The quantitative estimate of drug-likeness (QED) is 0.830. The number of anilines is 1. The number of hydrogen-bond donors (Lipinski definition) is 2. The molecule has 0 aliphatic carbocycles. The van der Waals surface area contributed by atoms with Crippen LogP contribution >= 0.6 is 0 Å². The van der Waals surface area contributed by atoms with E-state index in [0.29, 0.717) is 30.3 Å². The third kappa shape index (κ3) is 4.79. The fourth-order valence-electron chi connectivity index (χ4n) is 3.36. The zero-order chi connectivity index (χ0) is 20.3. The van der Waals surface area contributed by atoms with Gasteiger partial charge in [-0.2, -0.15) is 0 Å². The van der Waals surface area contributed by atoms with Gasteiger partial charge in [0.05, 0.1) is 5.92 Å². The molecular weight excluding hydrogens is 358 g/mol. The number of likely N-dealkylation sites (tertiary alicyclic amines) is 1. The second kappa shape index (κ2) is 8.29. The van der Waals surface area contributed by atoms with Crippen LogP contribution in [-0.2, 0) is 4.79 Å². The number of nitrogens with zero attached hydrogens (tertiary/aromatic N) is 2. The lowest BCUT2D eigenvalue weighted by molar-refractivity contribution is -0.143. The van der Waals surface area contributed by atoms with Crippen molar-refractivity contribution in [2.24, 2.45) is 11.8 Å². The standard InChI is InChI=1S/C21H25N3O4/c1-13-6-7-22-19(9-13)28-18-10-17(5-4-15(18)3)23-21(27)24-11-14(2)8-16(12-24)20(25)26/h4-7,9-10,14,16H,8,11-12H2,1-3H3,(H,23,27)(H,25,26). The number of nitrogens with one attached hydrogen (secondary N) is 1. The van der Waals surface area contributed by atoms with Gasteiger partial charge in [-0.1, -0.05) is 13.0 Å². The summed E-state index contributed by atoms with van der Waals surface area (Å²) in [5.74, 6) is -0.156. The fraction of sp³-hybridized carbons (Fsp3) is 0.381. The molecule has 0 saturated carbocycles. The van der Waals surface area contributed by atoms with E-state index in [2.05, 4.69) is 10.3 Å². The highest BCUT2D eigenvalue weighted by Crippen LogP contribution is 2.28. The minimum atomic E-state index is -0.860. The SMILES string of the molecule is Cc1ccnc(Oc2cc(NC(=O)N3CC(C)CC(C(=O)O)C3)ccc2C)c1. The Morgan fingerprint density at radius 2 is 2.00 bits per heavy atom. The molecule has 1 aromatic carbocycles. The van der Waals surface area contributed by atoms with Crippen molar-refractivity contribution in [3.63, 3.8) is 0 Å². The molecule has 0 bridgehead atoms. The Labute approximate surface area is 164 Å². The van der Waals surface area contributed by atoms with E-state index < -0.39 is 11.9 Å². The van der Waals surface area contributed by atoms with Crippen LogP contribution in [-0.4, -0.2) is 40.1 Å². The number of hydrogen-bond acceptors (Lipinski definition) is 4. The molecule has 2 amide bonds. The first-order valence-corrected chi connectivity index (χ1v) is 9.31. The van der Waals surface area contributed by atoms with Crippen molar-refractivity contribution in [2.45, 2.75) is 27.2 Å². The van der Waals surface area contributed by atoms with Gasteiger partial charge in [-0.05, 0) is 49.4 Å². The van der Waals surface area contributed by atoms with E-state index in [1.807, 2.05) is 39.0 Å². The summed E-state index contributed by atoms with van der Waals surface area (Å²) < 4.78 is 5.87. The molecule has 0 spiro atoms. The van der Waals surface area contributed by atoms with Crippen molar-refractivity contribution in [1.82, 2.24) is 9.88 Å². The van der Waals surface area contributed by atoms with Crippen LogP contribution < -0.4 is 10.1 Å². The smallest absolute Gasteiger partial charge is 0.321 e. The Morgan fingerprint density at radius 3 is 2.71 bits per heavy atom. The maximum Gasteiger partial charge on any atom is 0.321 e. The van der Waals surface area contributed by atoms with Crippen LogP contribution in [0.1, 0.15) is 24.5 Å². The van der Waals surface area contributed by atoms with Gasteiger partial charge < -0.3 is 20.1 Å². The summed E-state index contributed by atoms with van der Waals surface area (Å²) in [7, 11) is 0. The number of pyridine rings is 1. The number of carboxylic acid groups (broad SMARTS) is 1. The van der Waals surface area contributed by atoms with Crippen molar-refractivity contribution in [3.05, 3.63) is 47.7 Å². The van der Waals surface area contributed by atoms with Gasteiger partial charge in [-0.25, -0.2) is 9.78 Å². The van der Waals surface area contributed by atoms with Crippen LogP contribution in [0.5, 0.6) is 11.6 Å². The molecule has 28 heavy (non-hydrogen) atoms. The van der Waals surface area contributed by atoms with Crippen LogP contribution in [0.3, 0.4) is 0 Å². The molecule has 1 aromatic heterocycles. The molecule has 148 valence electrons. The maximum atomic E-state index is 12.6. The van der Waals surface area contributed by atoms with Gasteiger partial charge in [-0.3, -0.25) is 4.79 Å². The summed E-state index contributed by atoms with van der Waals surface area (Å²) in [5, 5.41) is 12.1. The lowest BCUT2D eigenvalue weighted by atomic mass is 9.91. The molecule has 1 fully saturated rings. The first-order chi connectivity index (χ1) is 13.3. The Bertz CT molecular complexity index is 884. The second-order valence-electron chi connectivity index (χ2n) is 7.46. The van der Waals surface area contributed by atoms with Gasteiger partial charge in [-0.15, -0.1) is 0 Å². The average Bonchev–Trinajstić information content (AvgIpc) is 2.64. The molecular formula is C21H25N3O4. The van der Waals surface area contributed by atoms with Gasteiger partial charge in [0.2, 0.25) is 5.88 Å². The van der Waals surface area contributed by atoms with Crippen molar-refractivity contribution < 1.29 is 19.4 Å². The lowest BCUT2D eigenvalue weighted by Gasteiger charge is -2.34. The number of carbonyl (C=O) groups is 2. The fourth-order valence-corrected chi connectivity index (χ4v) is 3.36. The summed E-state index contributed by atoms with van der Waals surface area (Å²) in [5.41, 5.74) is 2.54. The van der Waals surface area contributed by atoms with Gasteiger partial charge in [0.1, 0.15) is 5.75 Å². The average molecular weight is 383 g/mol. The number of rotatable bonds is 4. The molecule has 0 radical (unpaired) electrons. The Balaban J connectivity index is 1.72. The number of aromatic nitrogens is 1. The van der Waals surface area contributed by atoms with Crippen LogP contribution in [0.4, 0.5) is 10.5 Å². The van der Waals surface area contributed by atoms with Crippen molar-refractivity contribution in [3.8, 4) is 11.6 Å². The third-order valence-electron chi connectivity index (χ3n) is 4.84. The topological polar surface area (TPSA) is 91.8 Å². The highest BCUT2D eigenvalue weighted by molar-refractivity contribution is 5.90. The minimum Gasteiger partial charge on any atom is -0.481 e. The first-order valence-electron chi connectivity index (χ1n) is 9.31. The molecule has 2 aromatic rings. The van der Waals surface area contributed by atoms with Crippen LogP contribution in [0.2, 0.25) is 0 Å². The Morgan fingerprint density at radius 1 is 1.21 bits per heavy atom. The van der Waals surface area contributed by atoms with E-state index in [0.717, 1.165) is 11.1 Å². The lowest BCUT2D eigenvalue weighted by Crippen LogP contribution is -2.47. The van der Waals surface area contributed by atoms with Crippen molar-refractivity contribution in [1.29, 1.82) is 0 Å². The van der Waals surface area contributed by atoms with Crippen molar-refractivity contribution >= 4 is 17.7 Å². The number of benzene rings is 1. The largest absolute Gasteiger partial charge is 0.481 e. The zero-order valence-corrected chi connectivity index (χ0v) is 16.3. The van der Waals surface area contributed by atoms with Crippen LogP contribution in [0, 0.1) is 25.7 Å². The number of urea groups is 1. The monoisotopic (exact) mass is 383 g/mol. The maximum absolute atomic E-state index is 12.6. The van der Waals surface area contributed by atoms with E-state index in [1.54, 1.807) is 23.2 Å². The predicted octanol–water partition coefficient (Wildman–Crippen LogP) is 4.07. The predicted molar refractivity (Wildman–Crippen MR) is 106 cm³/mol. The van der Waals surface area contributed by atoms with Gasteiger partial charge in [0.15, 0.2) is 0 Å². The molecule has 2 unspecified atom stereocenters. The number of carboxylic acids is 1. The third-order valence-corrected chi connectivity index (χ3v) is 4.84. The number of aliphatic carboxylic acids is 1. The van der Waals surface area contributed by atoms with Crippen LogP contribution in [0.25, 0.3) is 0 Å². The second-order valence-corrected chi connectivity index (χ2v) is 7.46. The molecule has 1 aliphatic rings. The van der Waals surface area contributed by atoms with E-state index in [1.165, 1.54) is 0 Å². The molecule has 7 nitrogen and oxygen atoms in total. The molecule has 1 aliphatic heterocycles. The highest BCUT2D eigenvalue weighted by atomic mass is 16.5. The number of aryl methyl sites for hydroxylation is 2. The number of amides is 2. The van der Waals surface area contributed by atoms with Gasteiger partial charge in [0.25, 0.3) is 0 Å². The highest BCUT2D eigenvalue weighted by Gasteiger charge is 2.31. The van der Waals surface area contributed by atoms with Crippen LogP contribution in [0.15, 0.2) is 36.5 Å². The summed E-state index contributed by atoms with van der Waals surface area (Å²) in [6.45, 7) is 6.59. The van der Waals surface area contributed by atoms with Gasteiger partial charge in [0, 0.05) is 37.1 Å². The Kier molecular flexibility index (Phi) is 5.82. The Hall–Kier alpha value is -3.09. The normalized spacial score (nSPS) is 19.2. The number of carbonyl (C=O) groups excluding carboxylic acids is 1.